The van der Waals surface area contributed by atoms with Gasteiger partial charge in [-0.25, -0.2) is 9.59 Å². The van der Waals surface area contributed by atoms with Gasteiger partial charge in [0.1, 0.15) is 18.1 Å². The molecule has 0 aromatic carbocycles. The average Bonchev–Trinajstić information content (AvgIpc) is 2.48. The number of hydrogen-bond acceptors (Lipinski definition) is 5. The highest BCUT2D eigenvalue weighted by Crippen LogP contribution is 2.17. The maximum Gasteiger partial charge on any atom is 0.411 e. The Kier molecular flexibility index (Phi) is 6.71. The molecule has 0 spiro atoms. The summed E-state index contributed by atoms with van der Waals surface area (Å²) in [5.74, 6) is 0.546. The molecule has 0 aliphatic heterocycles. The van der Waals surface area contributed by atoms with Gasteiger partial charge in [-0.05, 0) is 24.3 Å². The van der Waals surface area contributed by atoms with Crippen LogP contribution in [-0.4, -0.2) is 23.6 Å². The summed E-state index contributed by atoms with van der Waals surface area (Å²) >= 11 is 5.38. The van der Waals surface area contributed by atoms with Crippen LogP contribution in [0.4, 0.5) is 10.5 Å². The summed E-state index contributed by atoms with van der Waals surface area (Å²) in [6.07, 6.45) is 2.43. The number of nitrogens with zero attached hydrogens (tertiary/aromatic N) is 1. The first-order chi connectivity index (χ1) is 9.70. The van der Waals surface area contributed by atoms with Gasteiger partial charge in [0, 0.05) is 18.0 Å². The van der Waals surface area contributed by atoms with Crippen molar-refractivity contribution in [3.05, 3.63) is 47.1 Å². The smallest absolute Gasteiger partial charge is 0.411 e. The van der Waals surface area contributed by atoms with Crippen molar-refractivity contribution in [3.8, 4) is 11.3 Å². The molecule has 2 heterocycles. The highest BCUT2D eigenvalue weighted by atomic mass is 35.5. The molecule has 0 aliphatic carbocycles. The van der Waals surface area contributed by atoms with E-state index < -0.39 is 11.7 Å². The monoisotopic (exact) mass is 330 g/mol. The summed E-state index contributed by atoms with van der Waals surface area (Å²) < 4.78 is 9.80. The molecule has 1 amide bonds. The van der Waals surface area contributed by atoms with Crippen molar-refractivity contribution in [1.82, 2.24) is 4.98 Å². The SMILES string of the molecule is Cl.O=C(Nc1ccc(-c2cccnc2)oc1=O)OCCCl. The molecule has 0 aliphatic rings. The van der Waals surface area contributed by atoms with E-state index in [1.165, 1.54) is 6.07 Å². The summed E-state index contributed by atoms with van der Waals surface area (Å²) in [5, 5.41) is 2.28. The first-order valence-corrected chi connectivity index (χ1v) is 6.28. The van der Waals surface area contributed by atoms with Crippen molar-refractivity contribution >= 4 is 35.8 Å². The third kappa shape index (κ3) is 4.77. The molecule has 21 heavy (non-hydrogen) atoms. The highest BCUT2D eigenvalue weighted by molar-refractivity contribution is 6.18. The Balaban J connectivity index is 0.00000220. The van der Waals surface area contributed by atoms with E-state index in [0.29, 0.717) is 11.3 Å². The van der Waals surface area contributed by atoms with Crippen LogP contribution in [0.5, 0.6) is 0 Å². The normalized spacial score (nSPS) is 9.57. The molecule has 8 heteroatoms. The number of ether oxygens (including phenoxy) is 1. The molecule has 2 aromatic rings. The van der Waals surface area contributed by atoms with Gasteiger partial charge in [0.25, 0.3) is 0 Å². The minimum absolute atomic E-state index is 0. The molecule has 0 atom stereocenters. The van der Waals surface area contributed by atoms with E-state index >= 15 is 0 Å². The third-order valence-electron chi connectivity index (χ3n) is 2.32. The number of hydrogen-bond donors (Lipinski definition) is 1. The predicted molar refractivity (Wildman–Crippen MR) is 81.1 cm³/mol. The minimum Gasteiger partial charge on any atom is -0.448 e. The number of carbonyl (C=O) groups is 1. The lowest BCUT2D eigenvalue weighted by molar-refractivity contribution is 0.168. The summed E-state index contributed by atoms with van der Waals surface area (Å²) in [5.41, 5.74) is -0.00717. The first-order valence-electron chi connectivity index (χ1n) is 5.75. The molecule has 0 unspecified atom stereocenters. The molecule has 0 bridgehead atoms. The van der Waals surface area contributed by atoms with Gasteiger partial charge in [-0.1, -0.05) is 0 Å². The molecule has 6 nitrogen and oxygen atoms in total. The maximum atomic E-state index is 11.7. The van der Waals surface area contributed by atoms with Crippen LogP contribution in [0.2, 0.25) is 0 Å². The summed E-state index contributed by atoms with van der Waals surface area (Å²) in [6.45, 7) is 0.0620. The maximum absolute atomic E-state index is 11.7. The van der Waals surface area contributed by atoms with Crippen LogP contribution in [0.25, 0.3) is 11.3 Å². The van der Waals surface area contributed by atoms with Gasteiger partial charge in [-0.15, -0.1) is 24.0 Å². The molecular weight excluding hydrogens is 319 g/mol. The zero-order valence-electron chi connectivity index (χ0n) is 10.7. The van der Waals surface area contributed by atoms with Crippen LogP contribution in [0.15, 0.2) is 45.9 Å². The van der Waals surface area contributed by atoms with E-state index in [9.17, 15) is 9.59 Å². The summed E-state index contributed by atoms with van der Waals surface area (Å²) in [7, 11) is 0. The van der Waals surface area contributed by atoms with Gasteiger partial charge in [0.2, 0.25) is 0 Å². The highest BCUT2D eigenvalue weighted by Gasteiger charge is 2.09. The van der Waals surface area contributed by atoms with E-state index in [1.54, 1.807) is 30.6 Å². The molecule has 0 saturated heterocycles. The van der Waals surface area contributed by atoms with Crippen molar-refractivity contribution in [2.24, 2.45) is 0 Å². The van der Waals surface area contributed by atoms with Gasteiger partial charge in [-0.3, -0.25) is 10.3 Å². The molecule has 2 rings (SSSR count). The number of aromatic nitrogens is 1. The average molecular weight is 331 g/mol. The molecule has 0 fully saturated rings. The second-order valence-electron chi connectivity index (χ2n) is 3.69. The van der Waals surface area contributed by atoms with Gasteiger partial charge < -0.3 is 9.15 Å². The van der Waals surface area contributed by atoms with Crippen molar-refractivity contribution in [2.45, 2.75) is 0 Å². The first kappa shape index (κ1) is 17.0. The predicted octanol–water partition coefficient (Wildman–Crippen LogP) is 2.91. The molecule has 0 saturated carbocycles. The van der Waals surface area contributed by atoms with Crippen molar-refractivity contribution in [3.63, 3.8) is 0 Å². The minimum atomic E-state index is -0.757. The zero-order chi connectivity index (χ0) is 14.4. The Morgan fingerprint density at radius 2 is 2.19 bits per heavy atom. The topological polar surface area (TPSA) is 81.4 Å². The Bertz CT molecular complexity index is 646. The second kappa shape index (κ2) is 8.28. The lowest BCUT2D eigenvalue weighted by Gasteiger charge is -2.05. The van der Waals surface area contributed by atoms with E-state index in [2.05, 4.69) is 10.3 Å². The van der Waals surface area contributed by atoms with Crippen LogP contribution < -0.4 is 10.9 Å². The fourth-order valence-electron chi connectivity index (χ4n) is 1.45. The zero-order valence-corrected chi connectivity index (χ0v) is 12.3. The Morgan fingerprint density at radius 1 is 1.38 bits per heavy atom. The van der Waals surface area contributed by atoms with Gasteiger partial charge in [-0.2, -0.15) is 0 Å². The molecular formula is C13H12Cl2N2O4. The number of amides is 1. The Labute approximate surface area is 131 Å². The quantitative estimate of drug-likeness (QED) is 0.871. The van der Waals surface area contributed by atoms with Gasteiger partial charge in [0.05, 0.1) is 5.88 Å². The van der Waals surface area contributed by atoms with E-state index in [0.717, 1.165) is 0 Å². The van der Waals surface area contributed by atoms with Crippen LogP contribution >= 0.6 is 24.0 Å². The second-order valence-corrected chi connectivity index (χ2v) is 4.07. The van der Waals surface area contributed by atoms with Crippen LogP contribution in [0.3, 0.4) is 0 Å². The lowest BCUT2D eigenvalue weighted by Crippen LogP contribution is -2.19. The van der Waals surface area contributed by atoms with E-state index in [-0.39, 0.29) is 30.6 Å². The third-order valence-corrected chi connectivity index (χ3v) is 2.47. The fraction of sp³-hybridized carbons (Fsp3) is 0.154. The number of nitrogens with one attached hydrogen (secondary N) is 1. The largest absolute Gasteiger partial charge is 0.448 e. The van der Waals surface area contributed by atoms with Crippen LogP contribution in [0.1, 0.15) is 0 Å². The number of carbonyl (C=O) groups excluding carboxylic acids is 1. The number of halogens is 2. The Morgan fingerprint density at radius 3 is 2.81 bits per heavy atom. The molecule has 0 radical (unpaired) electrons. The van der Waals surface area contributed by atoms with Gasteiger partial charge >= 0.3 is 11.7 Å². The van der Waals surface area contributed by atoms with Crippen molar-refractivity contribution in [1.29, 1.82) is 0 Å². The number of anilines is 1. The Hall–Kier alpha value is -2.05. The summed E-state index contributed by atoms with van der Waals surface area (Å²) in [6, 6.07) is 6.49. The van der Waals surface area contributed by atoms with Crippen LogP contribution in [0, 0.1) is 0 Å². The van der Waals surface area contributed by atoms with E-state index in [4.69, 9.17) is 20.8 Å². The molecule has 2 aromatic heterocycles. The molecule has 112 valence electrons. The number of rotatable bonds is 4. The van der Waals surface area contributed by atoms with Crippen molar-refractivity contribution < 1.29 is 13.9 Å². The van der Waals surface area contributed by atoms with Crippen molar-refractivity contribution in [2.75, 3.05) is 17.8 Å². The lowest BCUT2D eigenvalue weighted by atomic mass is 10.2. The number of pyridine rings is 1. The summed E-state index contributed by atoms with van der Waals surface area (Å²) in [4.78, 5) is 27.0. The van der Waals surface area contributed by atoms with Crippen LogP contribution in [-0.2, 0) is 4.74 Å². The standard InChI is InChI=1S/C13H11ClN2O4.ClH/c14-5-7-19-13(18)16-10-3-4-11(20-12(10)17)9-2-1-6-15-8-9;/h1-4,6,8H,5,7H2,(H,16,18);1H. The molecule has 1 N–H and O–H groups in total. The van der Waals surface area contributed by atoms with Gasteiger partial charge in [0.15, 0.2) is 0 Å². The van der Waals surface area contributed by atoms with E-state index in [1.807, 2.05) is 0 Å². The fourth-order valence-corrected chi connectivity index (χ4v) is 1.53. The number of alkyl halides is 1.